The van der Waals surface area contributed by atoms with Crippen LogP contribution in [0.25, 0.3) is 0 Å². The molecule has 0 spiro atoms. The van der Waals surface area contributed by atoms with Gasteiger partial charge < -0.3 is 15.0 Å². The highest BCUT2D eigenvalue weighted by Crippen LogP contribution is 2.03. The SMILES string of the molecule is CCOC(=O)c1noc(CC(N)CC)n1. The number of esters is 1. The third kappa shape index (κ3) is 3.32. The van der Waals surface area contributed by atoms with Gasteiger partial charge in [0, 0.05) is 12.5 Å². The summed E-state index contributed by atoms with van der Waals surface area (Å²) in [5, 5.41) is 3.51. The fourth-order valence-corrected chi connectivity index (χ4v) is 0.985. The molecular formula is C9H15N3O3. The molecule has 1 unspecified atom stereocenters. The Morgan fingerprint density at radius 3 is 2.93 bits per heavy atom. The molecule has 1 heterocycles. The second-order valence-corrected chi connectivity index (χ2v) is 3.10. The van der Waals surface area contributed by atoms with Crippen molar-refractivity contribution in [3.05, 3.63) is 11.7 Å². The molecule has 84 valence electrons. The molecular weight excluding hydrogens is 198 g/mol. The Morgan fingerprint density at radius 1 is 1.60 bits per heavy atom. The first-order chi connectivity index (χ1) is 7.17. The van der Waals surface area contributed by atoms with Crippen LogP contribution in [-0.4, -0.2) is 28.8 Å². The second kappa shape index (κ2) is 5.45. The van der Waals surface area contributed by atoms with Gasteiger partial charge in [-0.25, -0.2) is 4.79 Å². The summed E-state index contributed by atoms with van der Waals surface area (Å²) in [6.45, 7) is 3.97. The lowest BCUT2D eigenvalue weighted by Crippen LogP contribution is -2.21. The minimum Gasteiger partial charge on any atom is -0.460 e. The molecule has 1 rings (SSSR count). The van der Waals surface area contributed by atoms with Gasteiger partial charge in [-0.15, -0.1) is 0 Å². The maximum absolute atomic E-state index is 11.2. The Balaban J connectivity index is 2.59. The van der Waals surface area contributed by atoms with Crippen LogP contribution in [0.15, 0.2) is 4.52 Å². The van der Waals surface area contributed by atoms with E-state index in [1.54, 1.807) is 6.92 Å². The van der Waals surface area contributed by atoms with Crippen molar-refractivity contribution in [2.75, 3.05) is 6.61 Å². The summed E-state index contributed by atoms with van der Waals surface area (Å²) in [4.78, 5) is 15.1. The number of hydrogen-bond donors (Lipinski definition) is 1. The Labute approximate surface area is 87.8 Å². The summed E-state index contributed by atoms with van der Waals surface area (Å²) in [5.41, 5.74) is 5.71. The average molecular weight is 213 g/mol. The van der Waals surface area contributed by atoms with Gasteiger partial charge in [-0.3, -0.25) is 0 Å². The molecule has 2 N–H and O–H groups in total. The monoisotopic (exact) mass is 213 g/mol. The van der Waals surface area contributed by atoms with Crippen LogP contribution in [0.2, 0.25) is 0 Å². The Kier molecular flexibility index (Phi) is 4.23. The number of ether oxygens (including phenoxy) is 1. The van der Waals surface area contributed by atoms with Gasteiger partial charge in [0.2, 0.25) is 5.89 Å². The zero-order valence-electron chi connectivity index (χ0n) is 8.90. The normalized spacial score (nSPS) is 12.5. The van der Waals surface area contributed by atoms with Crippen molar-refractivity contribution in [3.8, 4) is 0 Å². The van der Waals surface area contributed by atoms with Gasteiger partial charge in [-0.05, 0) is 18.5 Å². The highest BCUT2D eigenvalue weighted by molar-refractivity contribution is 5.84. The number of aromatic nitrogens is 2. The predicted octanol–water partition coefficient (Wildman–Crippen LogP) is 0.526. The number of carbonyl (C=O) groups is 1. The molecule has 0 saturated heterocycles. The maximum atomic E-state index is 11.2. The zero-order chi connectivity index (χ0) is 11.3. The lowest BCUT2D eigenvalue weighted by molar-refractivity contribution is 0.0508. The topological polar surface area (TPSA) is 91.2 Å². The molecule has 15 heavy (non-hydrogen) atoms. The van der Waals surface area contributed by atoms with Gasteiger partial charge in [0.25, 0.3) is 5.82 Å². The molecule has 1 aromatic heterocycles. The Hall–Kier alpha value is -1.43. The van der Waals surface area contributed by atoms with Crippen LogP contribution in [0.5, 0.6) is 0 Å². The van der Waals surface area contributed by atoms with Crippen molar-refractivity contribution in [1.82, 2.24) is 10.1 Å². The van der Waals surface area contributed by atoms with Crippen molar-refractivity contribution >= 4 is 5.97 Å². The highest BCUT2D eigenvalue weighted by Gasteiger charge is 2.16. The molecule has 0 aliphatic carbocycles. The van der Waals surface area contributed by atoms with Gasteiger partial charge in [-0.2, -0.15) is 4.98 Å². The summed E-state index contributed by atoms with van der Waals surface area (Å²) in [5.74, 6) is -0.250. The van der Waals surface area contributed by atoms with Crippen LogP contribution in [0, 0.1) is 0 Å². The molecule has 1 atom stereocenters. The van der Waals surface area contributed by atoms with Crippen LogP contribution in [0.1, 0.15) is 36.8 Å². The van der Waals surface area contributed by atoms with E-state index in [2.05, 4.69) is 10.1 Å². The summed E-state index contributed by atoms with van der Waals surface area (Å²) < 4.78 is 9.58. The molecule has 0 amide bonds. The van der Waals surface area contributed by atoms with Crippen LogP contribution < -0.4 is 5.73 Å². The predicted molar refractivity (Wildman–Crippen MR) is 52.2 cm³/mol. The largest absolute Gasteiger partial charge is 0.460 e. The third-order valence-electron chi connectivity index (χ3n) is 1.89. The molecule has 1 aromatic rings. The number of nitrogens with two attached hydrogens (primary N) is 1. The minimum atomic E-state index is -0.572. The fourth-order valence-electron chi connectivity index (χ4n) is 0.985. The third-order valence-corrected chi connectivity index (χ3v) is 1.89. The van der Waals surface area contributed by atoms with E-state index < -0.39 is 5.97 Å². The summed E-state index contributed by atoms with van der Waals surface area (Å²) in [6, 6.07) is -0.0273. The van der Waals surface area contributed by atoms with E-state index in [4.69, 9.17) is 15.0 Å². The van der Waals surface area contributed by atoms with Crippen molar-refractivity contribution in [3.63, 3.8) is 0 Å². The van der Waals surface area contributed by atoms with E-state index in [-0.39, 0.29) is 18.5 Å². The van der Waals surface area contributed by atoms with Crippen LogP contribution >= 0.6 is 0 Å². The molecule has 0 aromatic carbocycles. The molecule has 0 saturated carbocycles. The Morgan fingerprint density at radius 2 is 2.33 bits per heavy atom. The standard InChI is InChI=1S/C9H15N3O3/c1-3-6(10)5-7-11-8(12-15-7)9(13)14-4-2/h6H,3-5,10H2,1-2H3. The van der Waals surface area contributed by atoms with E-state index in [9.17, 15) is 4.79 Å². The molecule has 6 heteroatoms. The van der Waals surface area contributed by atoms with Crippen molar-refractivity contribution < 1.29 is 14.1 Å². The van der Waals surface area contributed by atoms with Crippen molar-refractivity contribution in [1.29, 1.82) is 0 Å². The smallest absolute Gasteiger partial charge is 0.379 e. The first-order valence-electron chi connectivity index (χ1n) is 4.92. The van der Waals surface area contributed by atoms with Gasteiger partial charge in [0.05, 0.1) is 6.61 Å². The van der Waals surface area contributed by atoms with E-state index in [0.717, 1.165) is 6.42 Å². The lowest BCUT2D eigenvalue weighted by Gasteiger charge is -2.02. The number of rotatable bonds is 5. The highest BCUT2D eigenvalue weighted by atomic mass is 16.5. The molecule has 6 nitrogen and oxygen atoms in total. The molecule has 0 aliphatic heterocycles. The van der Waals surface area contributed by atoms with E-state index >= 15 is 0 Å². The average Bonchev–Trinajstić information content (AvgIpc) is 2.66. The number of nitrogens with zero attached hydrogens (tertiary/aromatic N) is 2. The fraction of sp³-hybridized carbons (Fsp3) is 0.667. The number of carbonyl (C=O) groups excluding carboxylic acids is 1. The lowest BCUT2D eigenvalue weighted by atomic mass is 10.2. The first kappa shape index (κ1) is 11.6. The first-order valence-corrected chi connectivity index (χ1v) is 4.92. The Bertz CT molecular complexity index is 324. The number of hydrogen-bond acceptors (Lipinski definition) is 6. The molecule has 0 bridgehead atoms. The zero-order valence-corrected chi connectivity index (χ0v) is 8.90. The van der Waals surface area contributed by atoms with Gasteiger partial charge in [-0.1, -0.05) is 6.92 Å². The van der Waals surface area contributed by atoms with E-state index in [1.807, 2.05) is 6.92 Å². The van der Waals surface area contributed by atoms with Crippen LogP contribution in [-0.2, 0) is 11.2 Å². The van der Waals surface area contributed by atoms with Gasteiger partial charge in [0.15, 0.2) is 0 Å². The van der Waals surface area contributed by atoms with Crippen LogP contribution in [0.4, 0.5) is 0 Å². The van der Waals surface area contributed by atoms with Crippen LogP contribution in [0.3, 0.4) is 0 Å². The van der Waals surface area contributed by atoms with E-state index in [1.165, 1.54) is 0 Å². The summed E-state index contributed by atoms with van der Waals surface area (Å²) >= 11 is 0. The van der Waals surface area contributed by atoms with E-state index in [0.29, 0.717) is 12.3 Å². The summed E-state index contributed by atoms with van der Waals surface area (Å²) in [7, 11) is 0. The summed E-state index contributed by atoms with van der Waals surface area (Å²) in [6.07, 6.45) is 1.29. The quantitative estimate of drug-likeness (QED) is 0.717. The minimum absolute atomic E-state index is 0.0273. The van der Waals surface area contributed by atoms with Crippen molar-refractivity contribution in [2.24, 2.45) is 5.73 Å². The van der Waals surface area contributed by atoms with Gasteiger partial charge in [0.1, 0.15) is 0 Å². The van der Waals surface area contributed by atoms with Gasteiger partial charge >= 0.3 is 5.97 Å². The second-order valence-electron chi connectivity index (χ2n) is 3.10. The molecule has 0 fully saturated rings. The maximum Gasteiger partial charge on any atom is 0.379 e. The molecule has 0 radical (unpaired) electrons. The molecule has 0 aliphatic rings. The van der Waals surface area contributed by atoms with Crippen molar-refractivity contribution in [2.45, 2.75) is 32.7 Å².